The Hall–Kier alpha value is -0.270. The quantitative estimate of drug-likeness (QED) is 0.402. The third-order valence-electron chi connectivity index (χ3n) is 1.40. The Morgan fingerprint density at radius 3 is 1.42 bits per heavy atom. The second-order valence-electron chi connectivity index (χ2n) is 4.17. The maximum absolute atomic E-state index is 3.90. The van der Waals surface area contributed by atoms with Gasteiger partial charge in [-0.05, 0) is 25.0 Å². The van der Waals surface area contributed by atoms with Crippen molar-refractivity contribution in [1.82, 2.24) is 0 Å². The molecule has 0 fully saturated rings. The van der Waals surface area contributed by atoms with E-state index in [1.165, 1.54) is 11.1 Å². The van der Waals surface area contributed by atoms with Crippen LogP contribution in [0.2, 0.25) is 0 Å². The largest absolute Gasteiger partial charge is 1.00 e. The minimum absolute atomic E-state index is 0. The third-order valence-corrected chi connectivity index (χ3v) is 1.40. The Morgan fingerprint density at radius 1 is 1.00 bits per heavy atom. The highest BCUT2D eigenvalue weighted by Crippen LogP contribution is 2.05. The molecule has 0 aliphatic carbocycles. The SMILES string of the molecule is C=C(C)C[N+](C)(C)CC(=C)C.[Cl-]. The van der Waals surface area contributed by atoms with Gasteiger partial charge in [0.1, 0.15) is 0 Å². The van der Waals surface area contributed by atoms with E-state index in [2.05, 4.69) is 41.1 Å². The highest BCUT2D eigenvalue weighted by atomic mass is 35.5. The average Bonchev–Trinajstić information content (AvgIpc) is 1.53. The number of halogens is 1. The molecule has 0 unspecified atom stereocenters. The molecule has 0 aliphatic heterocycles. The van der Waals surface area contributed by atoms with Gasteiger partial charge in [-0.15, -0.1) is 0 Å². The molecule has 0 radical (unpaired) electrons. The lowest BCUT2D eigenvalue weighted by molar-refractivity contribution is -0.880. The summed E-state index contributed by atoms with van der Waals surface area (Å²) in [6.07, 6.45) is 0. The summed E-state index contributed by atoms with van der Waals surface area (Å²) in [5, 5.41) is 0. The van der Waals surface area contributed by atoms with E-state index < -0.39 is 0 Å². The predicted octanol–water partition coefficient (Wildman–Crippen LogP) is -0.781. The van der Waals surface area contributed by atoms with Crippen molar-refractivity contribution in [2.75, 3.05) is 27.2 Å². The Bertz CT molecular complexity index is 153. The summed E-state index contributed by atoms with van der Waals surface area (Å²) in [5.74, 6) is 0. The van der Waals surface area contributed by atoms with Crippen LogP contribution in [-0.4, -0.2) is 31.7 Å². The zero-order valence-corrected chi connectivity index (χ0v) is 9.41. The van der Waals surface area contributed by atoms with Crippen molar-refractivity contribution in [3.05, 3.63) is 24.3 Å². The van der Waals surface area contributed by atoms with Crippen LogP contribution in [0.5, 0.6) is 0 Å². The Balaban J connectivity index is 0. The summed E-state index contributed by atoms with van der Waals surface area (Å²) in [6.45, 7) is 14.0. The van der Waals surface area contributed by atoms with E-state index in [0.717, 1.165) is 17.6 Å². The van der Waals surface area contributed by atoms with Crippen molar-refractivity contribution in [2.45, 2.75) is 13.8 Å². The highest BCUT2D eigenvalue weighted by molar-refractivity contribution is 4.91. The van der Waals surface area contributed by atoms with Crippen molar-refractivity contribution < 1.29 is 16.9 Å². The van der Waals surface area contributed by atoms with Crippen molar-refractivity contribution in [3.8, 4) is 0 Å². The maximum Gasteiger partial charge on any atom is 0.0996 e. The Morgan fingerprint density at radius 2 is 1.25 bits per heavy atom. The van der Waals surface area contributed by atoms with Gasteiger partial charge in [0.2, 0.25) is 0 Å². The first-order chi connectivity index (χ1) is 4.83. The van der Waals surface area contributed by atoms with Gasteiger partial charge < -0.3 is 16.9 Å². The van der Waals surface area contributed by atoms with E-state index in [-0.39, 0.29) is 12.4 Å². The van der Waals surface area contributed by atoms with Crippen molar-refractivity contribution in [1.29, 1.82) is 0 Å². The molecule has 0 aromatic carbocycles. The second-order valence-corrected chi connectivity index (χ2v) is 4.17. The summed E-state index contributed by atoms with van der Waals surface area (Å²) in [5.41, 5.74) is 2.47. The molecule has 0 amide bonds. The summed E-state index contributed by atoms with van der Waals surface area (Å²) in [6, 6.07) is 0. The molecule has 0 aromatic heterocycles. The number of rotatable bonds is 4. The van der Waals surface area contributed by atoms with E-state index in [1.807, 2.05) is 0 Å². The third kappa shape index (κ3) is 7.83. The first-order valence-corrected chi connectivity index (χ1v) is 3.94. The van der Waals surface area contributed by atoms with Crippen LogP contribution < -0.4 is 12.4 Å². The fourth-order valence-corrected chi connectivity index (χ4v) is 1.52. The van der Waals surface area contributed by atoms with Gasteiger partial charge in [-0.2, -0.15) is 0 Å². The standard InChI is InChI=1S/C10H20N.ClH/c1-9(2)7-11(5,6)8-10(3)4;/h1,3,7-8H2,2,4-6H3;1H/q+1;/p-1. The summed E-state index contributed by atoms with van der Waals surface area (Å²) < 4.78 is 0.963. The van der Waals surface area contributed by atoms with E-state index in [0.29, 0.717) is 0 Å². The van der Waals surface area contributed by atoms with E-state index in [4.69, 9.17) is 0 Å². The molecule has 0 saturated heterocycles. The maximum atomic E-state index is 3.90. The minimum atomic E-state index is 0. The molecule has 72 valence electrons. The fraction of sp³-hybridized carbons (Fsp3) is 0.600. The van der Waals surface area contributed by atoms with Crippen LogP contribution in [0.4, 0.5) is 0 Å². The van der Waals surface area contributed by atoms with Crippen LogP contribution >= 0.6 is 0 Å². The normalized spacial score (nSPS) is 10.3. The number of nitrogens with zero attached hydrogens (tertiary/aromatic N) is 1. The molecule has 2 heteroatoms. The zero-order chi connectivity index (χ0) is 9.07. The molecule has 0 rings (SSSR count). The van der Waals surface area contributed by atoms with E-state index in [1.54, 1.807) is 0 Å². The lowest BCUT2D eigenvalue weighted by Gasteiger charge is -2.30. The first-order valence-electron chi connectivity index (χ1n) is 3.94. The van der Waals surface area contributed by atoms with Crippen LogP contribution in [-0.2, 0) is 0 Å². The summed E-state index contributed by atoms with van der Waals surface area (Å²) >= 11 is 0. The monoisotopic (exact) mass is 189 g/mol. The summed E-state index contributed by atoms with van der Waals surface area (Å²) in [4.78, 5) is 0. The highest BCUT2D eigenvalue weighted by Gasteiger charge is 2.14. The van der Waals surface area contributed by atoms with Gasteiger partial charge in [0.25, 0.3) is 0 Å². The molecule has 0 atom stereocenters. The fourth-order valence-electron chi connectivity index (χ4n) is 1.52. The molecule has 0 spiro atoms. The molecule has 0 bridgehead atoms. The molecule has 0 heterocycles. The van der Waals surface area contributed by atoms with E-state index >= 15 is 0 Å². The van der Waals surface area contributed by atoms with Crippen LogP contribution in [0.25, 0.3) is 0 Å². The second kappa shape index (κ2) is 5.39. The van der Waals surface area contributed by atoms with Gasteiger partial charge in [0, 0.05) is 0 Å². The Labute approximate surface area is 82.8 Å². The van der Waals surface area contributed by atoms with Gasteiger partial charge in [0.05, 0.1) is 27.2 Å². The van der Waals surface area contributed by atoms with Crippen LogP contribution in [0.1, 0.15) is 13.8 Å². The summed E-state index contributed by atoms with van der Waals surface area (Å²) in [7, 11) is 4.40. The number of quaternary nitrogens is 1. The molecular formula is C10H20ClN. The van der Waals surface area contributed by atoms with Crippen LogP contribution in [0.15, 0.2) is 24.3 Å². The van der Waals surface area contributed by atoms with Gasteiger partial charge in [-0.1, -0.05) is 13.2 Å². The zero-order valence-electron chi connectivity index (χ0n) is 8.65. The van der Waals surface area contributed by atoms with Gasteiger partial charge in [-0.25, -0.2) is 0 Å². The van der Waals surface area contributed by atoms with E-state index in [9.17, 15) is 0 Å². The molecule has 0 N–H and O–H groups in total. The molecule has 0 saturated carbocycles. The van der Waals surface area contributed by atoms with Gasteiger partial charge >= 0.3 is 0 Å². The number of hydrogen-bond donors (Lipinski definition) is 0. The minimum Gasteiger partial charge on any atom is -1.00 e. The molecule has 0 aliphatic rings. The molecule has 1 nitrogen and oxygen atoms in total. The molecule has 0 aromatic rings. The lowest BCUT2D eigenvalue weighted by atomic mass is 10.2. The predicted molar refractivity (Wildman–Crippen MR) is 51.5 cm³/mol. The van der Waals surface area contributed by atoms with Crippen molar-refractivity contribution >= 4 is 0 Å². The van der Waals surface area contributed by atoms with Crippen molar-refractivity contribution in [2.24, 2.45) is 0 Å². The lowest BCUT2D eigenvalue weighted by Crippen LogP contribution is -3.00. The van der Waals surface area contributed by atoms with Crippen molar-refractivity contribution in [3.63, 3.8) is 0 Å². The topological polar surface area (TPSA) is 0 Å². The Kier molecular flexibility index (Phi) is 6.41. The average molecular weight is 190 g/mol. The van der Waals surface area contributed by atoms with Crippen LogP contribution in [0, 0.1) is 0 Å². The molecular weight excluding hydrogens is 170 g/mol. The number of likely N-dealkylation sites (N-methyl/N-ethyl adjacent to an activating group) is 1. The van der Waals surface area contributed by atoms with Gasteiger partial charge in [-0.3, -0.25) is 0 Å². The van der Waals surface area contributed by atoms with Gasteiger partial charge in [0.15, 0.2) is 0 Å². The number of hydrogen-bond acceptors (Lipinski definition) is 0. The smallest absolute Gasteiger partial charge is 0.0996 e. The first kappa shape index (κ1) is 14.3. The van der Waals surface area contributed by atoms with Crippen LogP contribution in [0.3, 0.4) is 0 Å². The molecule has 12 heavy (non-hydrogen) atoms.